The molecule has 0 bridgehead atoms. The minimum atomic E-state index is -3.23. The second-order valence-corrected chi connectivity index (χ2v) is 7.74. The molecule has 5 N–H and O–H groups in total. The Hall–Kier alpha value is -4.85. The lowest BCUT2D eigenvalue weighted by molar-refractivity contribution is -0.118. The lowest BCUT2D eigenvalue weighted by atomic mass is 9.99. The molecule has 2 aromatic carbocycles. The molecule has 2 amide bonds. The van der Waals surface area contributed by atoms with Crippen LogP contribution in [-0.4, -0.2) is 27.8 Å². The number of primary amides is 2. The summed E-state index contributed by atoms with van der Waals surface area (Å²) in [6.45, 7) is 4.86. The fourth-order valence-corrected chi connectivity index (χ4v) is 3.17. The number of carbonyl (C=O) groups excluding carboxylic acids is 2. The molecule has 184 valence electrons. The predicted molar refractivity (Wildman–Crippen MR) is 128 cm³/mol. The summed E-state index contributed by atoms with van der Waals surface area (Å²) in [6, 6.07) is 12.4. The largest absolute Gasteiger partial charge is 0.457 e. The van der Waals surface area contributed by atoms with E-state index in [-0.39, 0.29) is 28.6 Å². The van der Waals surface area contributed by atoms with Crippen LogP contribution in [0, 0.1) is 11.3 Å². The summed E-state index contributed by atoms with van der Waals surface area (Å²) < 4.78 is 34.2. The molecule has 0 aliphatic rings. The number of halogens is 2. The summed E-state index contributed by atoms with van der Waals surface area (Å²) in [6.07, 6.45) is 0.494. The third-order valence-corrected chi connectivity index (χ3v) is 5.02. The molecule has 0 fully saturated rings. The minimum absolute atomic E-state index is 0.0723. The first-order chi connectivity index (χ1) is 17.0. The molecule has 0 saturated heterocycles. The van der Waals surface area contributed by atoms with Crippen LogP contribution in [0.1, 0.15) is 35.0 Å². The fraction of sp³-hybridized carbons (Fsp3) is 0.160. The van der Waals surface area contributed by atoms with Gasteiger partial charge in [-0.3, -0.25) is 9.59 Å². The van der Waals surface area contributed by atoms with Crippen LogP contribution in [0.3, 0.4) is 0 Å². The zero-order chi connectivity index (χ0) is 26.5. The van der Waals surface area contributed by atoms with E-state index in [4.69, 9.17) is 16.2 Å². The van der Waals surface area contributed by atoms with Crippen molar-refractivity contribution in [2.45, 2.75) is 25.3 Å². The third kappa shape index (κ3) is 5.98. The number of carbonyl (C=O) groups is 2. The van der Waals surface area contributed by atoms with Crippen LogP contribution in [0.4, 0.5) is 14.6 Å². The summed E-state index contributed by atoms with van der Waals surface area (Å²) in [7, 11) is 0. The second-order valence-electron chi connectivity index (χ2n) is 7.74. The van der Waals surface area contributed by atoms with Crippen molar-refractivity contribution in [3.8, 4) is 29.0 Å². The van der Waals surface area contributed by atoms with E-state index < -0.39 is 35.8 Å². The molecule has 0 aliphatic heterocycles. The monoisotopic (exact) mass is 492 g/mol. The van der Waals surface area contributed by atoms with Crippen molar-refractivity contribution in [3.63, 3.8) is 0 Å². The summed E-state index contributed by atoms with van der Waals surface area (Å²) >= 11 is 0. The van der Waals surface area contributed by atoms with Crippen molar-refractivity contribution in [2.75, 3.05) is 5.32 Å². The van der Waals surface area contributed by atoms with Gasteiger partial charge in [-0.2, -0.15) is 5.26 Å². The number of anilines is 1. The number of nitrogens with two attached hydrogens (primary N) is 2. The van der Waals surface area contributed by atoms with Crippen LogP contribution in [0.15, 0.2) is 61.2 Å². The number of hydrogen-bond acceptors (Lipinski definition) is 7. The molecule has 36 heavy (non-hydrogen) atoms. The maximum absolute atomic E-state index is 14.3. The Labute approximate surface area is 205 Å². The van der Waals surface area contributed by atoms with Crippen LogP contribution in [0.25, 0.3) is 11.4 Å². The quantitative estimate of drug-likeness (QED) is 0.363. The van der Waals surface area contributed by atoms with Gasteiger partial charge in [-0.15, -0.1) is 6.58 Å². The second kappa shape index (κ2) is 10.6. The van der Waals surface area contributed by atoms with Gasteiger partial charge in [-0.1, -0.05) is 6.08 Å². The van der Waals surface area contributed by atoms with Crippen molar-refractivity contribution >= 4 is 17.6 Å². The van der Waals surface area contributed by atoms with Crippen molar-refractivity contribution in [3.05, 3.63) is 78.0 Å². The molecule has 1 aromatic heterocycles. The Morgan fingerprint density at radius 1 is 1.17 bits per heavy atom. The highest BCUT2D eigenvalue weighted by atomic mass is 19.3. The van der Waals surface area contributed by atoms with Crippen LogP contribution in [0.2, 0.25) is 0 Å². The summed E-state index contributed by atoms with van der Waals surface area (Å²) in [5.74, 6) is -3.76. The van der Waals surface area contributed by atoms with Crippen LogP contribution in [-0.2, 0) is 10.7 Å². The molecule has 1 heterocycles. The van der Waals surface area contributed by atoms with E-state index in [1.807, 2.05) is 0 Å². The molecule has 3 aromatic rings. The molecule has 9 nitrogen and oxygen atoms in total. The maximum Gasteiger partial charge on any atom is 0.277 e. The van der Waals surface area contributed by atoms with Crippen molar-refractivity contribution in [2.24, 2.45) is 11.5 Å². The highest BCUT2D eigenvalue weighted by molar-refractivity contribution is 5.92. The number of nitrogens with one attached hydrogen (secondary N) is 1. The molecule has 1 unspecified atom stereocenters. The SMILES string of the molecule is C=CCC(F)(F)c1ccc(Oc2ccc(-c3nc(NC(C)C(N)=O)cc(C(N)=O)n3)cc2)cc1C#N. The van der Waals surface area contributed by atoms with Gasteiger partial charge < -0.3 is 21.5 Å². The smallest absolute Gasteiger partial charge is 0.277 e. The molecule has 3 rings (SSSR count). The number of benzene rings is 2. The van der Waals surface area contributed by atoms with Crippen molar-refractivity contribution in [1.82, 2.24) is 9.97 Å². The minimum Gasteiger partial charge on any atom is -0.457 e. The number of allylic oxidation sites excluding steroid dienone is 1. The highest BCUT2D eigenvalue weighted by Gasteiger charge is 2.32. The third-order valence-electron chi connectivity index (χ3n) is 5.02. The van der Waals surface area contributed by atoms with Gasteiger partial charge in [0, 0.05) is 23.6 Å². The normalized spacial score (nSPS) is 11.7. The van der Waals surface area contributed by atoms with Gasteiger partial charge in [0.25, 0.3) is 11.8 Å². The first-order valence-corrected chi connectivity index (χ1v) is 10.6. The molecular formula is C25H22F2N6O3. The standard InChI is InChI=1S/C25H22F2N6O3/c1-3-10-25(26,27)19-9-8-18(11-16(19)13-28)36-17-6-4-15(5-7-17)24-32-20(23(30)35)12-21(33-24)31-14(2)22(29)34/h3-9,11-12,14H,1,10H2,2H3,(H2,29,34)(H2,30,35)(H,31,32,33). The van der Waals surface area contributed by atoms with Gasteiger partial charge in [0.2, 0.25) is 5.91 Å². The van der Waals surface area contributed by atoms with E-state index in [1.165, 1.54) is 25.1 Å². The molecule has 0 radical (unpaired) electrons. The van der Waals surface area contributed by atoms with Gasteiger partial charge in [0.1, 0.15) is 29.1 Å². The molecule has 0 spiro atoms. The average molecular weight is 492 g/mol. The zero-order valence-corrected chi connectivity index (χ0v) is 19.2. The predicted octanol–water partition coefficient (Wildman–Crippen LogP) is 3.86. The van der Waals surface area contributed by atoms with Crippen LogP contribution < -0.4 is 21.5 Å². The van der Waals surface area contributed by atoms with E-state index >= 15 is 0 Å². The number of nitrogens with zero attached hydrogens (tertiary/aromatic N) is 3. The van der Waals surface area contributed by atoms with E-state index in [1.54, 1.807) is 30.3 Å². The van der Waals surface area contributed by atoms with Crippen molar-refractivity contribution < 1.29 is 23.1 Å². The number of ether oxygens (including phenoxy) is 1. The first-order valence-electron chi connectivity index (χ1n) is 10.6. The summed E-state index contributed by atoms with van der Waals surface area (Å²) in [4.78, 5) is 31.5. The number of hydrogen-bond donors (Lipinski definition) is 3. The number of rotatable bonds is 10. The Kier molecular flexibility index (Phi) is 7.59. The number of nitriles is 1. The lowest BCUT2D eigenvalue weighted by Gasteiger charge is -2.17. The molecule has 11 heteroatoms. The average Bonchev–Trinajstić information content (AvgIpc) is 2.84. The topological polar surface area (TPSA) is 157 Å². The van der Waals surface area contributed by atoms with E-state index in [0.29, 0.717) is 11.3 Å². The highest BCUT2D eigenvalue weighted by Crippen LogP contribution is 2.36. The van der Waals surface area contributed by atoms with Gasteiger partial charge in [0.05, 0.1) is 11.6 Å². The number of alkyl halides is 2. The molecular weight excluding hydrogens is 470 g/mol. The van der Waals surface area contributed by atoms with Gasteiger partial charge >= 0.3 is 0 Å². The van der Waals surface area contributed by atoms with E-state index in [2.05, 4.69) is 21.9 Å². The summed E-state index contributed by atoms with van der Waals surface area (Å²) in [5.41, 5.74) is 10.4. The van der Waals surface area contributed by atoms with Gasteiger partial charge in [-0.25, -0.2) is 18.7 Å². The van der Waals surface area contributed by atoms with Crippen LogP contribution >= 0.6 is 0 Å². The number of aromatic nitrogens is 2. The lowest BCUT2D eigenvalue weighted by Crippen LogP contribution is -2.33. The molecule has 1 atom stereocenters. The van der Waals surface area contributed by atoms with Gasteiger partial charge in [0.15, 0.2) is 5.82 Å². The van der Waals surface area contributed by atoms with Crippen molar-refractivity contribution in [1.29, 1.82) is 5.26 Å². The number of amides is 2. The zero-order valence-electron chi connectivity index (χ0n) is 19.2. The van der Waals surface area contributed by atoms with E-state index in [9.17, 15) is 23.6 Å². The fourth-order valence-electron chi connectivity index (χ4n) is 3.17. The van der Waals surface area contributed by atoms with Gasteiger partial charge in [-0.05, 0) is 49.4 Å². The first kappa shape index (κ1) is 25.8. The molecule has 0 aliphatic carbocycles. The molecule has 0 saturated carbocycles. The summed E-state index contributed by atoms with van der Waals surface area (Å²) in [5, 5.41) is 12.1. The Balaban J connectivity index is 1.86. The maximum atomic E-state index is 14.3. The van der Waals surface area contributed by atoms with E-state index in [0.717, 1.165) is 12.1 Å². The Morgan fingerprint density at radius 2 is 1.83 bits per heavy atom. The Morgan fingerprint density at radius 3 is 2.42 bits per heavy atom. The van der Waals surface area contributed by atoms with Crippen LogP contribution in [0.5, 0.6) is 11.5 Å². The Bertz CT molecular complexity index is 1350.